The molecule has 7 nitrogen and oxygen atoms in total. The molecular weight excluding hydrogens is 294 g/mol. The second-order valence-corrected chi connectivity index (χ2v) is 5.26. The van der Waals surface area contributed by atoms with Gasteiger partial charge in [-0.3, -0.25) is 10.1 Å². The van der Waals surface area contributed by atoms with E-state index in [4.69, 9.17) is 5.26 Å². The molecule has 23 heavy (non-hydrogen) atoms. The van der Waals surface area contributed by atoms with E-state index >= 15 is 0 Å². The van der Waals surface area contributed by atoms with E-state index in [9.17, 15) is 10.1 Å². The van der Waals surface area contributed by atoms with E-state index < -0.39 is 4.92 Å². The summed E-state index contributed by atoms with van der Waals surface area (Å²) >= 11 is 0. The molecule has 1 aliphatic rings. The average Bonchev–Trinajstić information content (AvgIpc) is 2.62. The van der Waals surface area contributed by atoms with E-state index in [-0.39, 0.29) is 5.69 Å². The van der Waals surface area contributed by atoms with Crippen molar-refractivity contribution in [3.63, 3.8) is 0 Å². The molecule has 2 aromatic rings. The average molecular weight is 309 g/mol. The number of nitro benzene ring substituents is 1. The topological polar surface area (TPSA) is 86.3 Å². The second kappa shape index (κ2) is 6.32. The Morgan fingerprint density at radius 1 is 1.04 bits per heavy atom. The number of piperazine rings is 1. The SMILES string of the molecule is N#Cc1ccc(N2CCN(c3ccc([N+](=O)[O-])cc3)CC2)nc1. The summed E-state index contributed by atoms with van der Waals surface area (Å²) in [7, 11) is 0. The third kappa shape index (κ3) is 3.21. The monoisotopic (exact) mass is 309 g/mol. The second-order valence-electron chi connectivity index (χ2n) is 5.26. The Morgan fingerprint density at radius 3 is 2.22 bits per heavy atom. The van der Waals surface area contributed by atoms with Crippen LogP contribution in [0.15, 0.2) is 42.6 Å². The van der Waals surface area contributed by atoms with E-state index in [2.05, 4.69) is 20.9 Å². The molecule has 116 valence electrons. The van der Waals surface area contributed by atoms with Gasteiger partial charge in [0.05, 0.1) is 10.5 Å². The fourth-order valence-corrected chi connectivity index (χ4v) is 2.62. The number of anilines is 2. The van der Waals surface area contributed by atoms with Gasteiger partial charge in [0.2, 0.25) is 0 Å². The van der Waals surface area contributed by atoms with Crippen molar-refractivity contribution >= 4 is 17.2 Å². The Labute approximate surface area is 133 Å². The lowest BCUT2D eigenvalue weighted by Gasteiger charge is -2.36. The maximum absolute atomic E-state index is 10.7. The van der Waals surface area contributed by atoms with Gasteiger partial charge in [0.25, 0.3) is 5.69 Å². The minimum Gasteiger partial charge on any atom is -0.368 e. The van der Waals surface area contributed by atoms with E-state index in [0.717, 1.165) is 37.7 Å². The summed E-state index contributed by atoms with van der Waals surface area (Å²) in [6, 6.07) is 12.3. The summed E-state index contributed by atoms with van der Waals surface area (Å²) in [5.74, 6) is 0.868. The molecule has 0 spiro atoms. The molecule has 0 bridgehead atoms. The minimum absolute atomic E-state index is 0.106. The van der Waals surface area contributed by atoms with Crippen molar-refractivity contribution < 1.29 is 4.92 Å². The number of hydrogen-bond acceptors (Lipinski definition) is 6. The molecule has 0 amide bonds. The highest BCUT2D eigenvalue weighted by atomic mass is 16.6. The van der Waals surface area contributed by atoms with Crippen molar-refractivity contribution in [1.82, 2.24) is 4.98 Å². The first kappa shape index (κ1) is 14.8. The molecule has 3 rings (SSSR count). The van der Waals surface area contributed by atoms with E-state index in [1.54, 1.807) is 24.4 Å². The number of hydrogen-bond donors (Lipinski definition) is 0. The molecule has 7 heteroatoms. The zero-order valence-electron chi connectivity index (χ0n) is 12.4. The molecular formula is C16H15N5O2. The Balaban J connectivity index is 1.63. The van der Waals surface area contributed by atoms with Crippen molar-refractivity contribution in [2.75, 3.05) is 36.0 Å². The van der Waals surface area contributed by atoms with Crippen LogP contribution in [0.25, 0.3) is 0 Å². The molecule has 0 saturated carbocycles. The molecule has 0 N–H and O–H groups in total. The number of nitriles is 1. The van der Waals surface area contributed by atoms with Gasteiger partial charge in [-0.15, -0.1) is 0 Å². The van der Waals surface area contributed by atoms with Gasteiger partial charge in [0.1, 0.15) is 11.9 Å². The van der Waals surface area contributed by atoms with Crippen LogP contribution in [-0.2, 0) is 0 Å². The fourth-order valence-electron chi connectivity index (χ4n) is 2.62. The van der Waals surface area contributed by atoms with Crippen molar-refractivity contribution in [3.8, 4) is 6.07 Å². The predicted octanol–water partition coefficient (Wildman–Crippen LogP) is 2.19. The highest BCUT2D eigenvalue weighted by molar-refractivity contribution is 5.53. The van der Waals surface area contributed by atoms with E-state index in [0.29, 0.717) is 5.56 Å². The van der Waals surface area contributed by atoms with Crippen LogP contribution in [0.2, 0.25) is 0 Å². The van der Waals surface area contributed by atoms with Gasteiger partial charge >= 0.3 is 0 Å². The highest BCUT2D eigenvalue weighted by Crippen LogP contribution is 2.22. The van der Waals surface area contributed by atoms with Gasteiger partial charge in [-0.1, -0.05) is 0 Å². The summed E-state index contributed by atoms with van der Waals surface area (Å²) < 4.78 is 0. The maximum atomic E-state index is 10.7. The van der Waals surface area contributed by atoms with Crippen molar-refractivity contribution in [3.05, 3.63) is 58.3 Å². The number of pyridine rings is 1. The summed E-state index contributed by atoms with van der Waals surface area (Å²) in [6.45, 7) is 3.27. The van der Waals surface area contributed by atoms with Crippen molar-refractivity contribution in [2.45, 2.75) is 0 Å². The fraction of sp³-hybridized carbons (Fsp3) is 0.250. The summed E-state index contributed by atoms with van der Waals surface area (Å²) in [5, 5.41) is 19.5. The van der Waals surface area contributed by atoms with Crippen LogP contribution < -0.4 is 9.80 Å². The van der Waals surface area contributed by atoms with Crippen LogP contribution in [0, 0.1) is 21.4 Å². The lowest BCUT2D eigenvalue weighted by molar-refractivity contribution is -0.384. The number of nitro groups is 1. The Bertz CT molecular complexity index is 729. The van der Waals surface area contributed by atoms with E-state index in [1.165, 1.54) is 12.1 Å². The molecule has 1 aliphatic heterocycles. The molecule has 0 aliphatic carbocycles. The number of nitrogens with zero attached hydrogens (tertiary/aromatic N) is 5. The quantitative estimate of drug-likeness (QED) is 0.638. The molecule has 1 fully saturated rings. The lowest BCUT2D eigenvalue weighted by Crippen LogP contribution is -2.46. The summed E-state index contributed by atoms with van der Waals surface area (Å²) in [4.78, 5) is 19.0. The molecule has 0 atom stereocenters. The maximum Gasteiger partial charge on any atom is 0.269 e. The van der Waals surface area contributed by atoms with Crippen LogP contribution in [0.1, 0.15) is 5.56 Å². The van der Waals surface area contributed by atoms with Gasteiger partial charge in [-0.2, -0.15) is 5.26 Å². The Kier molecular flexibility index (Phi) is 4.06. The molecule has 1 saturated heterocycles. The highest BCUT2D eigenvalue weighted by Gasteiger charge is 2.18. The van der Waals surface area contributed by atoms with E-state index in [1.807, 2.05) is 6.07 Å². The lowest BCUT2D eigenvalue weighted by atomic mass is 10.2. The molecule has 1 aromatic carbocycles. The number of benzene rings is 1. The predicted molar refractivity (Wildman–Crippen MR) is 86.5 cm³/mol. The van der Waals surface area contributed by atoms with Crippen LogP contribution in [0.5, 0.6) is 0 Å². The number of non-ortho nitro benzene ring substituents is 1. The summed E-state index contributed by atoms with van der Waals surface area (Å²) in [6.07, 6.45) is 1.58. The van der Waals surface area contributed by atoms with Gasteiger partial charge < -0.3 is 9.80 Å². The standard InChI is InChI=1S/C16H15N5O2/c17-11-13-1-6-16(18-12-13)20-9-7-19(8-10-20)14-2-4-15(5-3-14)21(22)23/h1-6,12H,7-10H2. The van der Waals surface area contributed by atoms with Gasteiger partial charge in [0, 0.05) is 50.2 Å². The first-order valence-electron chi connectivity index (χ1n) is 7.28. The molecule has 0 radical (unpaired) electrons. The smallest absolute Gasteiger partial charge is 0.269 e. The normalized spacial score (nSPS) is 14.4. The summed E-state index contributed by atoms with van der Waals surface area (Å²) in [5.41, 5.74) is 1.65. The van der Waals surface area contributed by atoms with Crippen LogP contribution in [-0.4, -0.2) is 36.1 Å². The van der Waals surface area contributed by atoms with Gasteiger partial charge in [-0.05, 0) is 24.3 Å². The van der Waals surface area contributed by atoms with Crippen LogP contribution >= 0.6 is 0 Å². The van der Waals surface area contributed by atoms with Crippen molar-refractivity contribution in [1.29, 1.82) is 5.26 Å². The zero-order chi connectivity index (χ0) is 16.2. The number of rotatable bonds is 3. The third-order valence-electron chi connectivity index (χ3n) is 3.91. The van der Waals surface area contributed by atoms with Crippen molar-refractivity contribution in [2.24, 2.45) is 0 Å². The zero-order valence-corrected chi connectivity index (χ0v) is 12.4. The molecule has 1 aromatic heterocycles. The Morgan fingerprint density at radius 2 is 1.70 bits per heavy atom. The largest absolute Gasteiger partial charge is 0.368 e. The first-order chi connectivity index (χ1) is 11.2. The van der Waals surface area contributed by atoms with Crippen LogP contribution in [0.3, 0.4) is 0 Å². The molecule has 2 heterocycles. The van der Waals surface area contributed by atoms with Gasteiger partial charge in [-0.25, -0.2) is 4.98 Å². The third-order valence-corrected chi connectivity index (χ3v) is 3.91. The van der Waals surface area contributed by atoms with Gasteiger partial charge in [0.15, 0.2) is 0 Å². The minimum atomic E-state index is -0.391. The molecule has 0 unspecified atom stereocenters. The first-order valence-corrected chi connectivity index (χ1v) is 7.28. The Hall–Kier alpha value is -3.14. The number of aromatic nitrogens is 1. The van der Waals surface area contributed by atoms with Crippen LogP contribution in [0.4, 0.5) is 17.2 Å².